The Balaban J connectivity index is 1.24. The molecular formula is C45H24N6. The fourth-order valence-corrected chi connectivity index (χ4v) is 8.49. The van der Waals surface area contributed by atoms with Crippen molar-refractivity contribution in [2.75, 3.05) is 4.90 Å². The van der Waals surface area contributed by atoms with Crippen LogP contribution in [0.25, 0.3) is 38.8 Å². The number of fused-ring (bicyclic) bond motifs is 12. The number of hydrogen-bond donors (Lipinski definition) is 0. The van der Waals surface area contributed by atoms with Gasteiger partial charge in [-0.25, -0.2) is 4.98 Å². The van der Waals surface area contributed by atoms with E-state index in [1.807, 2.05) is 60.7 Å². The maximum Gasteiger partial charge on any atom is 0.140 e. The summed E-state index contributed by atoms with van der Waals surface area (Å²) in [5.74, 6) is 1.46. The highest BCUT2D eigenvalue weighted by Crippen LogP contribution is 2.63. The molecule has 234 valence electrons. The van der Waals surface area contributed by atoms with Gasteiger partial charge in [-0.2, -0.15) is 15.8 Å². The van der Waals surface area contributed by atoms with Crippen LogP contribution in [0.2, 0.25) is 0 Å². The molecule has 6 heteroatoms. The van der Waals surface area contributed by atoms with Crippen molar-refractivity contribution < 1.29 is 0 Å². The van der Waals surface area contributed by atoms with Crippen LogP contribution in [0.3, 0.4) is 0 Å². The molecule has 0 N–H and O–H groups in total. The van der Waals surface area contributed by atoms with Crippen LogP contribution in [0, 0.1) is 34.0 Å². The normalized spacial score (nSPS) is 13.2. The fraction of sp³-hybridized carbons (Fsp3) is 0.0222. The molecule has 3 heterocycles. The fourth-order valence-electron chi connectivity index (χ4n) is 8.49. The molecule has 2 aliphatic rings. The van der Waals surface area contributed by atoms with E-state index in [2.05, 4.69) is 113 Å². The maximum absolute atomic E-state index is 10.0. The van der Waals surface area contributed by atoms with Gasteiger partial charge >= 0.3 is 0 Å². The van der Waals surface area contributed by atoms with Crippen LogP contribution in [-0.2, 0) is 5.41 Å². The third kappa shape index (κ3) is 3.75. The standard InChI is InChI=1S/C45H24N6/c46-25-28-17-20-39-33(22-28)34-23-29(26-47)18-21-40(34)50(39)43-14-7-15-44(49-43)51-41-12-5-3-10-36(41)45(37-11-4-6-13-42(37)51)35-9-2-1-8-31(35)32-19-16-30(27-48)24-38(32)45/h1-24H. The first kappa shape index (κ1) is 28.5. The van der Waals surface area contributed by atoms with Crippen LogP contribution in [0.4, 0.5) is 17.2 Å². The van der Waals surface area contributed by atoms with Crippen LogP contribution in [0.1, 0.15) is 38.9 Å². The number of benzene rings is 6. The van der Waals surface area contributed by atoms with Crippen LogP contribution >= 0.6 is 0 Å². The highest BCUT2D eigenvalue weighted by Gasteiger charge is 2.51. The SMILES string of the molecule is N#Cc1ccc2c(c1)C1(c3ccccc3-2)c2ccccc2N(c2cccc(-n3c4ccc(C#N)cc4c4cc(C#N)ccc43)n2)c2ccccc21. The molecule has 0 bridgehead atoms. The number of aromatic nitrogens is 2. The molecule has 0 saturated carbocycles. The summed E-state index contributed by atoms with van der Waals surface area (Å²) in [6.07, 6.45) is 0. The molecule has 10 rings (SSSR count). The molecule has 1 aliphatic heterocycles. The van der Waals surface area contributed by atoms with Gasteiger partial charge in [-0.15, -0.1) is 0 Å². The number of nitrogens with zero attached hydrogens (tertiary/aromatic N) is 6. The zero-order valence-corrected chi connectivity index (χ0v) is 27.0. The van der Waals surface area contributed by atoms with Crippen molar-refractivity contribution in [1.29, 1.82) is 15.8 Å². The summed E-state index contributed by atoms with van der Waals surface area (Å²) in [6.45, 7) is 0. The van der Waals surface area contributed by atoms with Crippen molar-refractivity contribution in [2.45, 2.75) is 5.41 Å². The second kappa shape index (κ2) is 10.5. The molecule has 0 radical (unpaired) electrons. The zero-order valence-electron chi connectivity index (χ0n) is 27.0. The topological polar surface area (TPSA) is 92.4 Å². The molecule has 0 unspecified atom stereocenters. The van der Waals surface area contributed by atoms with Crippen molar-refractivity contribution >= 4 is 39.0 Å². The van der Waals surface area contributed by atoms with Gasteiger partial charge in [-0.1, -0.05) is 72.8 Å². The second-order valence-electron chi connectivity index (χ2n) is 12.9. The van der Waals surface area contributed by atoms with Crippen molar-refractivity contribution in [3.05, 3.63) is 185 Å². The van der Waals surface area contributed by atoms with Crippen molar-refractivity contribution in [2.24, 2.45) is 0 Å². The van der Waals surface area contributed by atoms with Gasteiger partial charge < -0.3 is 0 Å². The molecule has 6 aromatic carbocycles. The van der Waals surface area contributed by atoms with Crippen LogP contribution in [0.5, 0.6) is 0 Å². The molecule has 0 amide bonds. The third-order valence-corrected chi connectivity index (χ3v) is 10.5. The Morgan fingerprint density at radius 1 is 0.451 bits per heavy atom. The summed E-state index contributed by atoms with van der Waals surface area (Å²) in [4.78, 5) is 7.61. The summed E-state index contributed by atoms with van der Waals surface area (Å²) in [5.41, 5.74) is 11.7. The van der Waals surface area contributed by atoms with Gasteiger partial charge in [0.15, 0.2) is 0 Å². The first-order chi connectivity index (χ1) is 25.1. The smallest absolute Gasteiger partial charge is 0.140 e. The van der Waals surface area contributed by atoms with E-state index in [-0.39, 0.29) is 0 Å². The second-order valence-corrected chi connectivity index (χ2v) is 12.9. The van der Waals surface area contributed by atoms with E-state index in [0.29, 0.717) is 22.5 Å². The Bertz CT molecular complexity index is 2810. The Labute approximate surface area is 293 Å². The average Bonchev–Trinajstić information content (AvgIpc) is 3.67. The molecule has 8 aromatic rings. The van der Waals surface area contributed by atoms with Gasteiger partial charge in [-0.05, 0) is 106 Å². The minimum Gasteiger partial charge on any atom is -0.294 e. The molecule has 0 atom stereocenters. The van der Waals surface area contributed by atoms with Gasteiger partial charge in [0.05, 0.1) is 62.7 Å². The predicted octanol–water partition coefficient (Wildman–Crippen LogP) is 9.94. The number of para-hydroxylation sites is 2. The van der Waals surface area contributed by atoms with Crippen molar-refractivity contribution in [3.63, 3.8) is 0 Å². The van der Waals surface area contributed by atoms with Crippen LogP contribution < -0.4 is 4.90 Å². The number of hydrogen-bond acceptors (Lipinski definition) is 5. The number of anilines is 3. The van der Waals surface area contributed by atoms with E-state index in [1.165, 1.54) is 11.1 Å². The third-order valence-electron chi connectivity index (χ3n) is 10.5. The monoisotopic (exact) mass is 648 g/mol. The van der Waals surface area contributed by atoms with E-state index in [9.17, 15) is 15.8 Å². The maximum atomic E-state index is 10.0. The van der Waals surface area contributed by atoms with E-state index >= 15 is 0 Å². The Morgan fingerprint density at radius 2 is 0.961 bits per heavy atom. The summed E-state index contributed by atoms with van der Waals surface area (Å²) in [6, 6.07) is 56.0. The molecule has 0 fully saturated rings. The van der Waals surface area contributed by atoms with E-state index in [4.69, 9.17) is 4.98 Å². The number of rotatable bonds is 2. The van der Waals surface area contributed by atoms with E-state index < -0.39 is 5.41 Å². The first-order valence-corrected chi connectivity index (χ1v) is 16.6. The molecule has 1 spiro atoms. The molecule has 0 saturated heterocycles. The molecular weight excluding hydrogens is 625 g/mol. The Hall–Kier alpha value is -7.46. The van der Waals surface area contributed by atoms with Gasteiger partial charge in [0.1, 0.15) is 11.6 Å². The molecule has 1 aliphatic carbocycles. The lowest BCUT2D eigenvalue weighted by Crippen LogP contribution is -2.36. The summed E-state index contributed by atoms with van der Waals surface area (Å²) < 4.78 is 2.10. The summed E-state index contributed by atoms with van der Waals surface area (Å²) >= 11 is 0. The van der Waals surface area contributed by atoms with Crippen molar-refractivity contribution in [3.8, 4) is 35.2 Å². The zero-order chi connectivity index (χ0) is 34.3. The van der Waals surface area contributed by atoms with Crippen LogP contribution in [-0.4, -0.2) is 9.55 Å². The summed E-state index contributed by atoms with van der Waals surface area (Å²) in [7, 11) is 0. The lowest BCUT2D eigenvalue weighted by atomic mass is 9.64. The van der Waals surface area contributed by atoms with Crippen LogP contribution in [0.15, 0.2) is 146 Å². The molecule has 51 heavy (non-hydrogen) atoms. The highest BCUT2D eigenvalue weighted by atomic mass is 15.2. The minimum atomic E-state index is -0.649. The van der Waals surface area contributed by atoms with Gasteiger partial charge in [0.25, 0.3) is 0 Å². The number of pyridine rings is 1. The lowest BCUT2D eigenvalue weighted by molar-refractivity contribution is 0.751. The quantitative estimate of drug-likeness (QED) is 0.186. The van der Waals surface area contributed by atoms with Gasteiger partial charge in [-0.3, -0.25) is 9.47 Å². The predicted molar refractivity (Wildman–Crippen MR) is 198 cm³/mol. The summed E-state index contributed by atoms with van der Waals surface area (Å²) in [5, 5.41) is 31.2. The highest BCUT2D eigenvalue weighted by molar-refractivity contribution is 6.10. The molecule has 6 nitrogen and oxygen atoms in total. The van der Waals surface area contributed by atoms with Gasteiger partial charge in [0, 0.05) is 10.8 Å². The minimum absolute atomic E-state index is 0.554. The van der Waals surface area contributed by atoms with E-state index in [0.717, 1.165) is 61.3 Å². The van der Waals surface area contributed by atoms with Crippen molar-refractivity contribution in [1.82, 2.24) is 9.55 Å². The first-order valence-electron chi connectivity index (χ1n) is 16.6. The van der Waals surface area contributed by atoms with Gasteiger partial charge in [0.2, 0.25) is 0 Å². The Kier molecular flexibility index (Phi) is 5.89. The Morgan fingerprint density at radius 3 is 1.59 bits per heavy atom. The lowest BCUT2D eigenvalue weighted by Gasteiger charge is -2.44. The average molecular weight is 649 g/mol. The number of nitriles is 3. The molecule has 2 aromatic heterocycles. The largest absolute Gasteiger partial charge is 0.294 e. The van der Waals surface area contributed by atoms with E-state index in [1.54, 1.807) is 0 Å².